The van der Waals surface area contributed by atoms with Gasteiger partial charge >= 0.3 is 5.97 Å². The zero-order valence-corrected chi connectivity index (χ0v) is 13.5. The van der Waals surface area contributed by atoms with Crippen molar-refractivity contribution in [3.8, 4) is 0 Å². The van der Waals surface area contributed by atoms with Crippen LogP contribution in [0.15, 0.2) is 35.3 Å². The molecule has 120 valence electrons. The number of aromatic nitrogens is 3. The highest BCUT2D eigenvalue weighted by molar-refractivity contribution is 7.20. The summed E-state index contributed by atoms with van der Waals surface area (Å²) >= 11 is 1.04. The second-order valence-electron chi connectivity index (χ2n) is 5.59. The van der Waals surface area contributed by atoms with Gasteiger partial charge in [0.05, 0.1) is 5.39 Å². The van der Waals surface area contributed by atoms with E-state index in [4.69, 9.17) is 0 Å². The zero-order valence-electron chi connectivity index (χ0n) is 12.7. The number of rotatable bonds is 3. The molecule has 0 spiro atoms. The Kier molecular flexibility index (Phi) is 3.24. The lowest BCUT2D eigenvalue weighted by molar-refractivity contribution is 0.0701. The molecule has 0 bridgehead atoms. The van der Waals surface area contributed by atoms with Gasteiger partial charge in [-0.2, -0.15) is 0 Å². The smallest absolute Gasteiger partial charge is 0.346 e. The lowest BCUT2D eigenvalue weighted by Crippen LogP contribution is -2.12. The Morgan fingerprint density at radius 1 is 1.33 bits per heavy atom. The molecule has 0 aliphatic carbocycles. The fourth-order valence-corrected chi connectivity index (χ4v) is 3.97. The monoisotopic (exact) mass is 339 g/mol. The number of benzene rings is 1. The van der Waals surface area contributed by atoms with Crippen LogP contribution in [0.5, 0.6) is 0 Å². The van der Waals surface area contributed by atoms with Gasteiger partial charge in [0.2, 0.25) is 0 Å². The molecule has 0 saturated heterocycles. The molecular formula is C17H13N3O3S. The lowest BCUT2D eigenvalue weighted by atomic mass is 10.1. The molecule has 0 aliphatic rings. The van der Waals surface area contributed by atoms with Gasteiger partial charge in [-0.05, 0) is 24.1 Å². The molecule has 3 aromatic heterocycles. The maximum absolute atomic E-state index is 12.4. The molecule has 1 aromatic carbocycles. The second-order valence-corrected chi connectivity index (χ2v) is 6.59. The summed E-state index contributed by atoms with van der Waals surface area (Å²) in [4.78, 5) is 34.7. The Bertz CT molecular complexity index is 1150. The Morgan fingerprint density at radius 3 is 2.92 bits per heavy atom. The number of hydrogen-bond acceptors (Lipinski definition) is 4. The van der Waals surface area contributed by atoms with Gasteiger partial charge in [0, 0.05) is 23.5 Å². The molecule has 7 heteroatoms. The van der Waals surface area contributed by atoms with Gasteiger partial charge < -0.3 is 15.1 Å². The van der Waals surface area contributed by atoms with E-state index in [1.165, 1.54) is 0 Å². The van der Waals surface area contributed by atoms with Gasteiger partial charge in [0.1, 0.15) is 15.5 Å². The number of fused-ring (bicyclic) bond motifs is 2. The quantitative estimate of drug-likeness (QED) is 0.534. The molecule has 24 heavy (non-hydrogen) atoms. The van der Waals surface area contributed by atoms with Crippen LogP contribution in [0.3, 0.4) is 0 Å². The highest BCUT2D eigenvalue weighted by Gasteiger charge is 2.18. The number of aromatic amines is 2. The van der Waals surface area contributed by atoms with Crippen molar-refractivity contribution in [2.75, 3.05) is 0 Å². The van der Waals surface area contributed by atoms with Crippen molar-refractivity contribution in [3.63, 3.8) is 0 Å². The summed E-state index contributed by atoms with van der Waals surface area (Å²) in [6, 6.07) is 7.91. The van der Waals surface area contributed by atoms with Crippen molar-refractivity contribution in [2.45, 2.75) is 13.3 Å². The molecule has 0 fully saturated rings. The predicted molar refractivity (Wildman–Crippen MR) is 93.0 cm³/mol. The molecule has 4 aromatic rings. The van der Waals surface area contributed by atoms with Crippen LogP contribution < -0.4 is 5.56 Å². The normalized spacial score (nSPS) is 11.4. The Labute approximate surface area is 139 Å². The molecule has 0 amide bonds. The number of aryl methyl sites for hydroxylation is 1. The minimum atomic E-state index is -1.03. The highest BCUT2D eigenvalue weighted by Crippen LogP contribution is 2.27. The third-order valence-electron chi connectivity index (χ3n) is 4.08. The van der Waals surface area contributed by atoms with E-state index in [0.717, 1.165) is 27.8 Å². The maximum atomic E-state index is 12.4. The summed E-state index contributed by atoms with van der Waals surface area (Å²) < 4.78 is 0. The summed E-state index contributed by atoms with van der Waals surface area (Å²) in [7, 11) is 0. The first-order chi connectivity index (χ1) is 11.5. The highest BCUT2D eigenvalue weighted by atomic mass is 32.1. The summed E-state index contributed by atoms with van der Waals surface area (Å²) in [5.74, 6) is -0.511. The third kappa shape index (κ3) is 2.21. The van der Waals surface area contributed by atoms with E-state index in [-0.39, 0.29) is 10.4 Å². The van der Waals surface area contributed by atoms with Crippen LogP contribution >= 0.6 is 11.3 Å². The van der Waals surface area contributed by atoms with E-state index in [2.05, 4.69) is 15.0 Å². The minimum Gasteiger partial charge on any atom is -0.477 e. The van der Waals surface area contributed by atoms with Crippen molar-refractivity contribution >= 4 is 38.4 Å². The van der Waals surface area contributed by atoms with Crippen LogP contribution in [0.1, 0.15) is 26.6 Å². The first kappa shape index (κ1) is 14.6. The van der Waals surface area contributed by atoms with Crippen LogP contribution in [0.25, 0.3) is 21.1 Å². The van der Waals surface area contributed by atoms with Gasteiger partial charge in [0.25, 0.3) is 5.56 Å². The molecule has 0 saturated carbocycles. The fraction of sp³-hybridized carbons (Fsp3) is 0.118. The number of carboxylic acids is 1. The minimum absolute atomic E-state index is 0.159. The zero-order chi connectivity index (χ0) is 16.8. The second kappa shape index (κ2) is 5.31. The Hall–Kier alpha value is -2.93. The average Bonchev–Trinajstić information content (AvgIpc) is 3.10. The molecule has 6 nitrogen and oxygen atoms in total. The topological polar surface area (TPSA) is 98.8 Å². The van der Waals surface area contributed by atoms with Gasteiger partial charge in [-0.25, -0.2) is 9.78 Å². The summed E-state index contributed by atoms with van der Waals surface area (Å²) in [6.45, 7) is 1.64. The molecule has 0 atom stereocenters. The van der Waals surface area contributed by atoms with E-state index in [0.29, 0.717) is 28.0 Å². The van der Waals surface area contributed by atoms with Gasteiger partial charge in [-0.15, -0.1) is 11.3 Å². The van der Waals surface area contributed by atoms with Crippen LogP contribution in [-0.2, 0) is 6.42 Å². The summed E-state index contributed by atoms with van der Waals surface area (Å²) in [5, 5.41) is 10.7. The van der Waals surface area contributed by atoms with Crippen molar-refractivity contribution in [1.29, 1.82) is 0 Å². The largest absolute Gasteiger partial charge is 0.477 e. The number of carboxylic acid groups (broad SMARTS) is 1. The van der Waals surface area contributed by atoms with E-state index >= 15 is 0 Å². The number of H-pyrrole nitrogens is 2. The summed E-state index contributed by atoms with van der Waals surface area (Å²) in [5.41, 5.74) is 2.22. The van der Waals surface area contributed by atoms with E-state index in [9.17, 15) is 14.7 Å². The maximum Gasteiger partial charge on any atom is 0.346 e. The molecule has 0 unspecified atom stereocenters. The fourth-order valence-electron chi connectivity index (χ4n) is 2.93. The number of thiophene rings is 1. The van der Waals surface area contributed by atoms with E-state index in [1.54, 1.807) is 6.92 Å². The Balaban J connectivity index is 1.83. The number of nitrogens with zero attached hydrogens (tertiary/aromatic N) is 1. The standard InChI is InChI=1S/C17H13N3O3S/c1-8-13-15(21)19-12(20-16(13)24-14(8)17(22)23)6-9-7-18-11-5-3-2-4-10(9)11/h2-5,7,18H,6H2,1H3,(H,22,23)(H,19,20,21). The van der Waals surface area contributed by atoms with Gasteiger partial charge in [0.15, 0.2) is 0 Å². The molecule has 3 heterocycles. The van der Waals surface area contributed by atoms with Crippen LogP contribution in [0.4, 0.5) is 0 Å². The lowest BCUT2D eigenvalue weighted by Gasteiger charge is -2.00. The van der Waals surface area contributed by atoms with Gasteiger partial charge in [-0.1, -0.05) is 18.2 Å². The van der Waals surface area contributed by atoms with E-state index in [1.807, 2.05) is 30.5 Å². The predicted octanol–water partition coefficient (Wildman–Crippen LogP) is 3.06. The Morgan fingerprint density at radius 2 is 2.12 bits per heavy atom. The number of nitrogens with one attached hydrogen (secondary N) is 2. The molecular weight excluding hydrogens is 326 g/mol. The van der Waals surface area contributed by atoms with Crippen LogP contribution in [0, 0.1) is 6.92 Å². The summed E-state index contributed by atoms with van der Waals surface area (Å²) in [6.07, 6.45) is 2.37. The van der Waals surface area contributed by atoms with Crippen LogP contribution in [0.2, 0.25) is 0 Å². The first-order valence-corrected chi connectivity index (χ1v) is 8.17. The molecule has 0 aliphatic heterocycles. The third-order valence-corrected chi connectivity index (χ3v) is 5.25. The molecule has 0 radical (unpaired) electrons. The number of carbonyl (C=O) groups is 1. The van der Waals surface area contributed by atoms with E-state index < -0.39 is 5.97 Å². The van der Waals surface area contributed by atoms with Crippen LogP contribution in [-0.4, -0.2) is 26.0 Å². The van der Waals surface area contributed by atoms with Crippen molar-refractivity contribution < 1.29 is 9.90 Å². The number of hydrogen-bond donors (Lipinski definition) is 3. The van der Waals surface area contributed by atoms with Crippen molar-refractivity contribution in [3.05, 3.63) is 62.6 Å². The van der Waals surface area contributed by atoms with Crippen molar-refractivity contribution in [2.24, 2.45) is 0 Å². The van der Waals surface area contributed by atoms with Crippen molar-refractivity contribution in [1.82, 2.24) is 15.0 Å². The molecule has 4 rings (SSSR count). The number of para-hydroxylation sites is 1. The van der Waals surface area contributed by atoms with Gasteiger partial charge in [-0.3, -0.25) is 4.79 Å². The SMILES string of the molecule is Cc1c(C(=O)O)sc2nc(Cc3c[nH]c4ccccc34)[nH]c(=O)c12. The number of aromatic carboxylic acids is 1. The average molecular weight is 339 g/mol. The molecule has 3 N–H and O–H groups in total. The first-order valence-electron chi connectivity index (χ1n) is 7.35.